The minimum absolute atomic E-state index is 0.0760. The highest BCUT2D eigenvalue weighted by Crippen LogP contribution is 2.23. The second-order valence-electron chi connectivity index (χ2n) is 3.05. The van der Waals surface area contributed by atoms with Crippen LogP contribution < -0.4 is 5.32 Å². The molecule has 0 spiro atoms. The Morgan fingerprint density at radius 2 is 2.43 bits per heavy atom. The van der Waals surface area contributed by atoms with E-state index in [-0.39, 0.29) is 5.91 Å². The van der Waals surface area contributed by atoms with Crippen molar-refractivity contribution < 1.29 is 4.79 Å². The molecule has 0 radical (unpaired) electrons. The molecule has 0 unspecified atom stereocenters. The van der Waals surface area contributed by atoms with Crippen LogP contribution in [-0.4, -0.2) is 27.9 Å². The van der Waals surface area contributed by atoms with Crippen molar-refractivity contribution >= 4 is 29.0 Å². The molecule has 0 saturated heterocycles. The molecule has 0 bridgehead atoms. The molecule has 0 atom stereocenters. The van der Waals surface area contributed by atoms with E-state index in [0.717, 1.165) is 22.9 Å². The molecule has 1 saturated carbocycles. The van der Waals surface area contributed by atoms with Crippen molar-refractivity contribution in [2.75, 3.05) is 5.75 Å². The quantitative estimate of drug-likeness (QED) is 0.796. The fourth-order valence-corrected chi connectivity index (χ4v) is 2.61. The summed E-state index contributed by atoms with van der Waals surface area (Å²) in [4.78, 5) is 11.5. The molecular formula is C8H11N3OS2. The Morgan fingerprint density at radius 1 is 1.64 bits per heavy atom. The molecule has 4 nitrogen and oxygen atoms in total. The maximum absolute atomic E-state index is 11.5. The largest absolute Gasteiger partial charge is 0.347 e. The number of hydrogen-bond donors (Lipinski definition) is 1. The minimum Gasteiger partial charge on any atom is -0.347 e. The molecule has 1 N–H and O–H groups in total. The van der Waals surface area contributed by atoms with Crippen molar-refractivity contribution in [2.24, 2.45) is 0 Å². The van der Waals surface area contributed by atoms with Gasteiger partial charge in [0, 0.05) is 6.04 Å². The Hall–Kier alpha value is -0.620. The second-order valence-corrected chi connectivity index (χ2v) is 5.54. The van der Waals surface area contributed by atoms with Crippen molar-refractivity contribution in [3.63, 3.8) is 0 Å². The van der Waals surface area contributed by atoms with Crippen molar-refractivity contribution in [1.82, 2.24) is 15.5 Å². The summed E-state index contributed by atoms with van der Waals surface area (Å²) in [6.45, 7) is 2.05. The van der Waals surface area contributed by atoms with Gasteiger partial charge in [-0.2, -0.15) is 0 Å². The first-order valence-electron chi connectivity index (χ1n) is 4.56. The highest BCUT2D eigenvalue weighted by molar-refractivity contribution is 8.01. The second kappa shape index (κ2) is 4.27. The van der Waals surface area contributed by atoms with Gasteiger partial charge in [0.25, 0.3) is 5.91 Å². The smallest absolute Gasteiger partial charge is 0.282 e. The molecule has 2 rings (SSSR count). The fraction of sp³-hybridized carbons (Fsp3) is 0.625. The molecule has 14 heavy (non-hydrogen) atoms. The Kier molecular flexibility index (Phi) is 3.02. The number of rotatable bonds is 4. The Bertz CT molecular complexity index is 335. The standard InChI is InChI=1S/C8H11N3OS2/c1-2-13-8-11-10-7(14-8)6(12)9-5-3-4-5/h5H,2-4H2,1H3,(H,9,12). The van der Waals surface area contributed by atoms with Gasteiger partial charge in [0.1, 0.15) is 0 Å². The lowest BCUT2D eigenvalue weighted by Crippen LogP contribution is -2.25. The lowest BCUT2D eigenvalue weighted by atomic mass is 10.6. The molecule has 1 fully saturated rings. The molecule has 1 aromatic heterocycles. The number of thioether (sulfide) groups is 1. The van der Waals surface area contributed by atoms with Crippen LogP contribution in [0.2, 0.25) is 0 Å². The molecule has 0 aromatic carbocycles. The fourth-order valence-electron chi connectivity index (χ4n) is 0.958. The number of aromatic nitrogens is 2. The lowest BCUT2D eigenvalue weighted by molar-refractivity contribution is 0.0950. The summed E-state index contributed by atoms with van der Waals surface area (Å²) < 4.78 is 0.869. The highest BCUT2D eigenvalue weighted by Gasteiger charge is 2.25. The van der Waals surface area contributed by atoms with Crippen LogP contribution >= 0.6 is 23.1 Å². The van der Waals surface area contributed by atoms with Gasteiger partial charge in [-0.1, -0.05) is 30.0 Å². The summed E-state index contributed by atoms with van der Waals surface area (Å²) in [5.41, 5.74) is 0. The van der Waals surface area contributed by atoms with E-state index in [1.54, 1.807) is 11.8 Å². The van der Waals surface area contributed by atoms with E-state index in [9.17, 15) is 4.79 Å². The Morgan fingerprint density at radius 3 is 3.07 bits per heavy atom. The van der Waals surface area contributed by atoms with Gasteiger partial charge < -0.3 is 5.32 Å². The molecular weight excluding hydrogens is 218 g/mol. The first kappa shape index (κ1) is 9.92. The third-order valence-electron chi connectivity index (χ3n) is 1.78. The van der Waals surface area contributed by atoms with Crippen LogP contribution in [0.3, 0.4) is 0 Å². The zero-order valence-corrected chi connectivity index (χ0v) is 9.45. The van der Waals surface area contributed by atoms with Crippen LogP contribution in [0.4, 0.5) is 0 Å². The van der Waals surface area contributed by atoms with Crippen LogP contribution in [0.25, 0.3) is 0 Å². The molecule has 76 valence electrons. The summed E-state index contributed by atoms with van der Waals surface area (Å²) in [5.74, 6) is 0.881. The van der Waals surface area contributed by atoms with Gasteiger partial charge in [-0.15, -0.1) is 10.2 Å². The van der Waals surface area contributed by atoms with Crippen LogP contribution in [0.1, 0.15) is 29.6 Å². The topological polar surface area (TPSA) is 54.9 Å². The van der Waals surface area contributed by atoms with Crippen molar-refractivity contribution in [2.45, 2.75) is 30.1 Å². The number of nitrogens with one attached hydrogen (secondary N) is 1. The minimum atomic E-state index is -0.0760. The predicted octanol–water partition coefficient (Wildman–Crippen LogP) is 1.54. The van der Waals surface area contributed by atoms with Gasteiger partial charge >= 0.3 is 0 Å². The number of amides is 1. The summed E-state index contributed by atoms with van der Waals surface area (Å²) in [6, 6.07) is 0.383. The average Bonchev–Trinajstić information content (AvgIpc) is 2.83. The maximum atomic E-state index is 11.5. The van der Waals surface area contributed by atoms with Crippen LogP contribution in [0.5, 0.6) is 0 Å². The molecule has 1 heterocycles. The first-order chi connectivity index (χ1) is 6.79. The summed E-state index contributed by atoms with van der Waals surface area (Å²) in [7, 11) is 0. The van der Waals surface area contributed by atoms with Crippen molar-refractivity contribution in [1.29, 1.82) is 0 Å². The number of hydrogen-bond acceptors (Lipinski definition) is 5. The Balaban J connectivity index is 1.96. The Labute approximate surface area is 90.5 Å². The van der Waals surface area contributed by atoms with E-state index in [1.165, 1.54) is 11.3 Å². The first-order valence-corrected chi connectivity index (χ1v) is 6.37. The highest BCUT2D eigenvalue weighted by atomic mass is 32.2. The van der Waals surface area contributed by atoms with Gasteiger partial charge in [-0.25, -0.2) is 0 Å². The normalized spacial score (nSPS) is 15.5. The van der Waals surface area contributed by atoms with E-state index in [1.807, 2.05) is 0 Å². The molecule has 0 aliphatic heterocycles. The molecule has 1 aliphatic carbocycles. The van der Waals surface area contributed by atoms with Gasteiger partial charge in [-0.3, -0.25) is 4.79 Å². The van der Waals surface area contributed by atoms with Gasteiger partial charge in [0.05, 0.1) is 0 Å². The average molecular weight is 229 g/mol. The summed E-state index contributed by atoms with van der Waals surface area (Å²) >= 11 is 2.98. The van der Waals surface area contributed by atoms with Gasteiger partial charge in [0.2, 0.25) is 5.01 Å². The van der Waals surface area contributed by atoms with E-state index in [4.69, 9.17) is 0 Å². The SMILES string of the molecule is CCSc1nnc(C(=O)NC2CC2)s1. The van der Waals surface area contributed by atoms with Gasteiger partial charge in [0.15, 0.2) is 4.34 Å². The van der Waals surface area contributed by atoms with Crippen LogP contribution in [0.15, 0.2) is 4.34 Å². The van der Waals surface area contributed by atoms with E-state index in [0.29, 0.717) is 11.0 Å². The number of carbonyl (C=O) groups excluding carboxylic acids is 1. The molecule has 1 aliphatic rings. The van der Waals surface area contributed by atoms with Crippen LogP contribution in [-0.2, 0) is 0 Å². The summed E-state index contributed by atoms with van der Waals surface area (Å²) in [5, 5.41) is 11.1. The van der Waals surface area contributed by atoms with Crippen molar-refractivity contribution in [3.8, 4) is 0 Å². The third-order valence-corrected chi connectivity index (χ3v) is 3.72. The number of carbonyl (C=O) groups is 1. The van der Waals surface area contributed by atoms with Crippen molar-refractivity contribution in [3.05, 3.63) is 5.01 Å². The maximum Gasteiger partial charge on any atom is 0.282 e. The van der Waals surface area contributed by atoms with E-state index >= 15 is 0 Å². The zero-order chi connectivity index (χ0) is 9.97. The van der Waals surface area contributed by atoms with E-state index in [2.05, 4.69) is 22.4 Å². The molecule has 6 heteroatoms. The van der Waals surface area contributed by atoms with E-state index < -0.39 is 0 Å². The zero-order valence-electron chi connectivity index (χ0n) is 7.82. The molecule has 1 amide bonds. The molecule has 1 aromatic rings. The third kappa shape index (κ3) is 2.45. The predicted molar refractivity (Wildman–Crippen MR) is 56.8 cm³/mol. The summed E-state index contributed by atoms with van der Waals surface area (Å²) in [6.07, 6.45) is 2.20. The van der Waals surface area contributed by atoms with Gasteiger partial charge in [-0.05, 0) is 18.6 Å². The van der Waals surface area contributed by atoms with Crippen LogP contribution in [0, 0.1) is 0 Å². The lowest BCUT2D eigenvalue weighted by Gasteiger charge is -1.96. The number of nitrogens with zero attached hydrogens (tertiary/aromatic N) is 2. The monoisotopic (exact) mass is 229 g/mol.